The van der Waals surface area contributed by atoms with Crippen LogP contribution < -0.4 is 5.32 Å². The first-order valence-electron chi connectivity index (χ1n) is 6.03. The van der Waals surface area contributed by atoms with Gasteiger partial charge >= 0.3 is 0 Å². The molecular formula is C15H13ClFNO2. The molecule has 0 aromatic heterocycles. The summed E-state index contributed by atoms with van der Waals surface area (Å²) in [5, 5.41) is 12.3. The van der Waals surface area contributed by atoms with Crippen molar-refractivity contribution in [2.45, 2.75) is 13.0 Å². The van der Waals surface area contributed by atoms with Crippen molar-refractivity contribution in [2.75, 3.05) is 5.32 Å². The summed E-state index contributed by atoms with van der Waals surface area (Å²) < 4.78 is 13.7. The highest BCUT2D eigenvalue weighted by Gasteiger charge is 2.17. The van der Waals surface area contributed by atoms with E-state index in [4.69, 9.17) is 11.6 Å². The van der Waals surface area contributed by atoms with Crippen LogP contribution in [-0.4, -0.2) is 11.0 Å². The highest BCUT2D eigenvalue weighted by atomic mass is 35.5. The number of rotatable bonds is 3. The molecule has 0 aliphatic heterocycles. The van der Waals surface area contributed by atoms with Gasteiger partial charge in [-0.15, -0.1) is 0 Å². The Bertz CT molecular complexity index is 623. The molecule has 1 atom stereocenters. The zero-order valence-electron chi connectivity index (χ0n) is 10.7. The molecule has 1 unspecified atom stereocenters. The first kappa shape index (κ1) is 14.5. The second kappa shape index (κ2) is 6.03. The largest absolute Gasteiger partial charge is 0.389 e. The number of halogens is 2. The van der Waals surface area contributed by atoms with Crippen molar-refractivity contribution in [3.8, 4) is 0 Å². The van der Waals surface area contributed by atoms with Crippen LogP contribution in [0.1, 0.15) is 28.9 Å². The molecule has 2 rings (SSSR count). The van der Waals surface area contributed by atoms with E-state index in [9.17, 15) is 14.3 Å². The Kier molecular flexibility index (Phi) is 4.37. The number of hydrogen-bond acceptors (Lipinski definition) is 2. The number of carbonyl (C=O) groups excluding carboxylic acids is 1. The second-order valence-corrected chi connectivity index (χ2v) is 4.72. The summed E-state index contributed by atoms with van der Waals surface area (Å²) in [6.45, 7) is 1.58. The number of aliphatic hydroxyl groups is 1. The standard InChI is InChI=1S/C15H13ClFNO2/c1-9(19)10-5-2-3-8-13(10)18-15(20)14-11(16)6-4-7-12(14)17/h2-9,19H,1H3,(H,18,20). The Morgan fingerprint density at radius 3 is 2.60 bits per heavy atom. The second-order valence-electron chi connectivity index (χ2n) is 4.31. The normalized spacial score (nSPS) is 12.0. The fourth-order valence-corrected chi connectivity index (χ4v) is 2.12. The van der Waals surface area contributed by atoms with Gasteiger partial charge in [-0.25, -0.2) is 4.39 Å². The van der Waals surface area contributed by atoms with Crippen molar-refractivity contribution in [1.29, 1.82) is 0 Å². The molecular weight excluding hydrogens is 281 g/mol. The van der Waals surface area contributed by atoms with Crippen molar-refractivity contribution >= 4 is 23.2 Å². The molecule has 104 valence electrons. The third-order valence-corrected chi connectivity index (χ3v) is 3.16. The average Bonchev–Trinajstić information content (AvgIpc) is 2.38. The van der Waals surface area contributed by atoms with E-state index in [1.54, 1.807) is 31.2 Å². The molecule has 0 saturated heterocycles. The van der Waals surface area contributed by atoms with E-state index in [-0.39, 0.29) is 10.6 Å². The predicted octanol–water partition coefficient (Wildman–Crippen LogP) is 3.78. The summed E-state index contributed by atoms with van der Waals surface area (Å²) in [4.78, 5) is 12.1. The topological polar surface area (TPSA) is 49.3 Å². The minimum Gasteiger partial charge on any atom is -0.389 e. The molecule has 20 heavy (non-hydrogen) atoms. The van der Waals surface area contributed by atoms with Gasteiger partial charge in [-0.3, -0.25) is 4.79 Å². The molecule has 0 fully saturated rings. The summed E-state index contributed by atoms with van der Waals surface area (Å²) in [5.41, 5.74) is 0.759. The number of nitrogens with one attached hydrogen (secondary N) is 1. The van der Waals surface area contributed by atoms with Crippen LogP contribution in [0.3, 0.4) is 0 Å². The van der Waals surface area contributed by atoms with Crippen LogP contribution >= 0.6 is 11.6 Å². The van der Waals surface area contributed by atoms with E-state index < -0.39 is 17.8 Å². The molecule has 2 aromatic carbocycles. The van der Waals surface area contributed by atoms with E-state index in [0.717, 1.165) is 0 Å². The number of hydrogen-bond donors (Lipinski definition) is 2. The van der Waals surface area contributed by atoms with E-state index >= 15 is 0 Å². The molecule has 0 heterocycles. The van der Waals surface area contributed by atoms with Crippen molar-refractivity contribution in [2.24, 2.45) is 0 Å². The monoisotopic (exact) mass is 293 g/mol. The summed E-state index contributed by atoms with van der Waals surface area (Å²) in [6.07, 6.45) is -0.748. The molecule has 0 bridgehead atoms. The van der Waals surface area contributed by atoms with Gasteiger partial charge < -0.3 is 10.4 Å². The third kappa shape index (κ3) is 2.98. The minimum absolute atomic E-state index is 0.0389. The van der Waals surface area contributed by atoms with Crippen LogP contribution in [0, 0.1) is 5.82 Å². The number of para-hydroxylation sites is 1. The maximum absolute atomic E-state index is 13.7. The smallest absolute Gasteiger partial charge is 0.260 e. The third-order valence-electron chi connectivity index (χ3n) is 2.85. The Balaban J connectivity index is 2.33. The van der Waals surface area contributed by atoms with Gasteiger partial charge in [-0.05, 0) is 25.1 Å². The van der Waals surface area contributed by atoms with Gasteiger partial charge in [0.25, 0.3) is 5.91 Å². The van der Waals surface area contributed by atoms with Crippen molar-refractivity contribution < 1.29 is 14.3 Å². The number of carbonyl (C=O) groups is 1. The number of amides is 1. The lowest BCUT2D eigenvalue weighted by Gasteiger charge is -2.13. The van der Waals surface area contributed by atoms with Gasteiger partial charge in [-0.2, -0.15) is 0 Å². The predicted molar refractivity (Wildman–Crippen MR) is 76.4 cm³/mol. The van der Waals surface area contributed by atoms with Crippen molar-refractivity contribution in [1.82, 2.24) is 0 Å². The first-order valence-corrected chi connectivity index (χ1v) is 6.41. The lowest BCUT2D eigenvalue weighted by atomic mass is 10.1. The van der Waals surface area contributed by atoms with Crippen molar-refractivity contribution in [3.05, 3.63) is 64.4 Å². The van der Waals surface area contributed by atoms with Gasteiger partial charge in [0.2, 0.25) is 0 Å². The SMILES string of the molecule is CC(O)c1ccccc1NC(=O)c1c(F)cccc1Cl. The highest BCUT2D eigenvalue weighted by Crippen LogP contribution is 2.25. The molecule has 5 heteroatoms. The van der Waals surface area contributed by atoms with E-state index in [1.165, 1.54) is 18.2 Å². The molecule has 1 amide bonds. The van der Waals surface area contributed by atoms with Gasteiger partial charge in [0, 0.05) is 11.3 Å². The van der Waals surface area contributed by atoms with Crippen molar-refractivity contribution in [3.63, 3.8) is 0 Å². The lowest BCUT2D eigenvalue weighted by Crippen LogP contribution is -2.16. The van der Waals surface area contributed by atoms with E-state index in [2.05, 4.69) is 5.32 Å². The average molecular weight is 294 g/mol. The number of benzene rings is 2. The van der Waals surface area contributed by atoms with Crippen LogP contribution in [0.4, 0.5) is 10.1 Å². The molecule has 2 aromatic rings. The molecule has 0 aliphatic carbocycles. The molecule has 0 aliphatic rings. The molecule has 0 radical (unpaired) electrons. The number of aliphatic hydroxyl groups excluding tert-OH is 1. The molecule has 2 N–H and O–H groups in total. The quantitative estimate of drug-likeness (QED) is 0.904. The maximum Gasteiger partial charge on any atom is 0.260 e. The molecule has 0 spiro atoms. The Morgan fingerprint density at radius 2 is 1.95 bits per heavy atom. The minimum atomic E-state index is -0.748. The maximum atomic E-state index is 13.7. The van der Waals surface area contributed by atoms with Crippen LogP contribution in [0.2, 0.25) is 5.02 Å². The Labute approximate surface area is 121 Å². The number of anilines is 1. The van der Waals surface area contributed by atoms with Crippen LogP contribution in [0.15, 0.2) is 42.5 Å². The lowest BCUT2D eigenvalue weighted by molar-refractivity contribution is 0.102. The zero-order valence-corrected chi connectivity index (χ0v) is 11.5. The molecule has 0 saturated carbocycles. The summed E-state index contributed by atoms with van der Waals surface area (Å²) in [6, 6.07) is 10.8. The summed E-state index contributed by atoms with van der Waals surface area (Å²) in [7, 11) is 0. The van der Waals surface area contributed by atoms with E-state index in [0.29, 0.717) is 11.3 Å². The Hall–Kier alpha value is -1.91. The first-order chi connectivity index (χ1) is 9.50. The molecule has 3 nitrogen and oxygen atoms in total. The zero-order chi connectivity index (χ0) is 14.7. The van der Waals surface area contributed by atoms with Crippen LogP contribution in [-0.2, 0) is 0 Å². The Morgan fingerprint density at radius 1 is 1.25 bits per heavy atom. The summed E-state index contributed by atoms with van der Waals surface area (Å²) in [5.74, 6) is -1.34. The highest BCUT2D eigenvalue weighted by molar-refractivity contribution is 6.34. The van der Waals surface area contributed by atoms with Gasteiger partial charge in [0.1, 0.15) is 5.82 Å². The van der Waals surface area contributed by atoms with Gasteiger partial charge in [-0.1, -0.05) is 35.9 Å². The van der Waals surface area contributed by atoms with Gasteiger partial charge in [0.05, 0.1) is 16.7 Å². The van der Waals surface area contributed by atoms with E-state index in [1.807, 2.05) is 0 Å². The summed E-state index contributed by atoms with van der Waals surface area (Å²) >= 11 is 5.84. The fraction of sp³-hybridized carbons (Fsp3) is 0.133. The fourth-order valence-electron chi connectivity index (χ4n) is 1.87. The van der Waals surface area contributed by atoms with Crippen LogP contribution in [0.5, 0.6) is 0 Å². The van der Waals surface area contributed by atoms with Crippen LogP contribution in [0.25, 0.3) is 0 Å². The van der Waals surface area contributed by atoms with Gasteiger partial charge in [0.15, 0.2) is 0 Å².